The van der Waals surface area contributed by atoms with Gasteiger partial charge in [0, 0.05) is 24.3 Å². The van der Waals surface area contributed by atoms with E-state index >= 15 is 0 Å². The molecule has 4 rings (SSSR count). The molecule has 0 unspecified atom stereocenters. The molecule has 2 N–H and O–H groups in total. The summed E-state index contributed by atoms with van der Waals surface area (Å²) < 4.78 is 28.6. The zero-order valence-electron chi connectivity index (χ0n) is 20.4. The van der Waals surface area contributed by atoms with Gasteiger partial charge in [0.05, 0.1) is 4.90 Å². The van der Waals surface area contributed by atoms with Gasteiger partial charge in [-0.2, -0.15) is 0 Å². The van der Waals surface area contributed by atoms with Crippen LogP contribution in [0.2, 0.25) is 0 Å². The first kappa shape index (κ1) is 24.9. The molecule has 6 nitrogen and oxygen atoms in total. The van der Waals surface area contributed by atoms with Crippen LogP contribution in [0.1, 0.15) is 51.9 Å². The lowest BCUT2D eigenvalue weighted by atomic mass is 10.1. The Morgan fingerprint density at radius 3 is 2.34 bits per heavy atom. The van der Waals surface area contributed by atoms with Crippen molar-refractivity contribution in [2.45, 2.75) is 51.1 Å². The number of hydrogen-bond acceptors (Lipinski definition) is 4. The van der Waals surface area contributed by atoms with Gasteiger partial charge in [-0.05, 0) is 80.7 Å². The maximum Gasteiger partial charge on any atom is 0.262 e. The Morgan fingerprint density at radius 1 is 0.886 bits per heavy atom. The molecule has 1 aliphatic rings. The van der Waals surface area contributed by atoms with Crippen molar-refractivity contribution in [3.05, 3.63) is 94.5 Å². The third-order valence-corrected chi connectivity index (χ3v) is 7.87. The second kappa shape index (κ2) is 11.1. The lowest BCUT2D eigenvalue weighted by molar-refractivity contribution is 0.0950. The van der Waals surface area contributed by atoms with E-state index in [1.807, 2.05) is 31.2 Å². The molecule has 35 heavy (non-hydrogen) atoms. The van der Waals surface area contributed by atoms with Crippen LogP contribution in [-0.2, 0) is 23.1 Å². The number of benzene rings is 3. The average Bonchev–Trinajstić information content (AvgIpc) is 2.85. The van der Waals surface area contributed by atoms with Crippen LogP contribution < -0.4 is 10.0 Å². The Morgan fingerprint density at radius 2 is 1.60 bits per heavy atom. The fourth-order valence-electron chi connectivity index (χ4n) is 4.36. The van der Waals surface area contributed by atoms with Crippen molar-refractivity contribution in [2.75, 3.05) is 17.8 Å². The molecule has 0 atom stereocenters. The highest BCUT2D eigenvalue weighted by Gasteiger charge is 2.19. The van der Waals surface area contributed by atoms with Crippen LogP contribution in [0.4, 0.5) is 5.69 Å². The van der Waals surface area contributed by atoms with E-state index in [2.05, 4.69) is 27.1 Å². The SMILES string of the molecule is Cc1ccc(NS(=O)(=O)c2cc(C(=O)NCc3cccc(CN4CCCCC4)c3)ccc2C)cc1. The van der Waals surface area contributed by atoms with Crippen molar-refractivity contribution >= 4 is 21.6 Å². The third-order valence-electron chi connectivity index (χ3n) is 6.34. The van der Waals surface area contributed by atoms with Gasteiger partial charge in [0.2, 0.25) is 0 Å². The number of carbonyl (C=O) groups is 1. The number of nitrogens with one attached hydrogen (secondary N) is 2. The van der Waals surface area contributed by atoms with Gasteiger partial charge in [-0.1, -0.05) is 54.4 Å². The zero-order chi connectivity index (χ0) is 24.8. The smallest absolute Gasteiger partial charge is 0.262 e. The van der Waals surface area contributed by atoms with E-state index in [1.165, 1.54) is 30.9 Å². The second-order valence-corrected chi connectivity index (χ2v) is 10.9. The molecular formula is C28H33N3O3S. The minimum absolute atomic E-state index is 0.0919. The summed E-state index contributed by atoms with van der Waals surface area (Å²) in [5.74, 6) is -0.307. The van der Waals surface area contributed by atoms with Gasteiger partial charge in [-0.25, -0.2) is 8.42 Å². The molecule has 0 spiro atoms. The van der Waals surface area contributed by atoms with Crippen molar-refractivity contribution < 1.29 is 13.2 Å². The van der Waals surface area contributed by atoms with E-state index < -0.39 is 10.0 Å². The summed E-state index contributed by atoms with van der Waals surface area (Å²) in [4.78, 5) is 15.4. The monoisotopic (exact) mass is 491 g/mol. The van der Waals surface area contributed by atoms with E-state index in [4.69, 9.17) is 0 Å². The standard InChI is InChI=1S/C28H33N3O3S/c1-21-9-13-26(14-10-21)30-35(33,34)27-18-25(12-11-22(27)2)28(32)29-19-23-7-6-8-24(17-23)20-31-15-4-3-5-16-31/h6-14,17-18,30H,3-5,15-16,19-20H2,1-2H3,(H,29,32). The topological polar surface area (TPSA) is 78.5 Å². The predicted octanol–water partition coefficient (Wildman–Crippen LogP) is 5.02. The molecule has 0 aliphatic carbocycles. The molecule has 3 aromatic carbocycles. The Balaban J connectivity index is 1.42. The molecule has 1 fully saturated rings. The molecule has 0 aromatic heterocycles. The maximum atomic E-state index is 13.0. The maximum absolute atomic E-state index is 13.0. The predicted molar refractivity (Wildman–Crippen MR) is 140 cm³/mol. The normalized spacial score (nSPS) is 14.5. The number of hydrogen-bond donors (Lipinski definition) is 2. The van der Waals surface area contributed by atoms with Crippen LogP contribution in [0, 0.1) is 13.8 Å². The van der Waals surface area contributed by atoms with E-state index in [-0.39, 0.29) is 10.8 Å². The molecular weight excluding hydrogens is 458 g/mol. The van der Waals surface area contributed by atoms with Crippen LogP contribution in [0.25, 0.3) is 0 Å². The number of anilines is 1. The van der Waals surface area contributed by atoms with Crippen molar-refractivity contribution in [1.29, 1.82) is 0 Å². The first-order valence-corrected chi connectivity index (χ1v) is 13.6. The number of likely N-dealkylation sites (tertiary alicyclic amines) is 1. The molecule has 1 heterocycles. The summed E-state index contributed by atoms with van der Waals surface area (Å²) in [5, 5.41) is 2.93. The lowest BCUT2D eigenvalue weighted by Gasteiger charge is -2.26. The molecule has 1 saturated heterocycles. The van der Waals surface area contributed by atoms with Gasteiger partial charge < -0.3 is 5.32 Å². The quantitative estimate of drug-likeness (QED) is 0.464. The van der Waals surface area contributed by atoms with Crippen LogP contribution in [0.3, 0.4) is 0 Å². The van der Waals surface area contributed by atoms with Gasteiger partial charge in [0.25, 0.3) is 15.9 Å². The van der Waals surface area contributed by atoms with E-state index in [0.29, 0.717) is 23.4 Å². The third kappa shape index (κ3) is 6.71. The Labute approximate surface area is 208 Å². The van der Waals surface area contributed by atoms with E-state index in [0.717, 1.165) is 30.8 Å². The van der Waals surface area contributed by atoms with Crippen LogP contribution in [0.5, 0.6) is 0 Å². The van der Waals surface area contributed by atoms with Gasteiger partial charge >= 0.3 is 0 Å². The van der Waals surface area contributed by atoms with Crippen LogP contribution >= 0.6 is 0 Å². The van der Waals surface area contributed by atoms with Gasteiger partial charge in [-0.15, -0.1) is 0 Å². The van der Waals surface area contributed by atoms with Gasteiger partial charge in [0.1, 0.15) is 0 Å². The Hall–Kier alpha value is -3.16. The first-order chi connectivity index (χ1) is 16.8. The van der Waals surface area contributed by atoms with Gasteiger partial charge in [0.15, 0.2) is 0 Å². The molecule has 7 heteroatoms. The number of aryl methyl sites for hydroxylation is 2. The van der Waals surface area contributed by atoms with Crippen molar-refractivity contribution in [2.24, 2.45) is 0 Å². The number of rotatable bonds is 8. The molecule has 0 radical (unpaired) electrons. The largest absolute Gasteiger partial charge is 0.348 e. The lowest BCUT2D eigenvalue weighted by Crippen LogP contribution is -2.29. The number of nitrogens with zero attached hydrogens (tertiary/aromatic N) is 1. The highest BCUT2D eigenvalue weighted by atomic mass is 32.2. The van der Waals surface area contributed by atoms with Crippen LogP contribution in [-0.4, -0.2) is 32.3 Å². The first-order valence-electron chi connectivity index (χ1n) is 12.1. The highest BCUT2D eigenvalue weighted by molar-refractivity contribution is 7.92. The van der Waals surface area contributed by atoms with Gasteiger partial charge in [-0.3, -0.25) is 14.4 Å². The number of carbonyl (C=O) groups excluding carboxylic acids is 1. The molecule has 1 amide bonds. The summed E-state index contributed by atoms with van der Waals surface area (Å²) in [6.45, 7) is 7.24. The summed E-state index contributed by atoms with van der Waals surface area (Å²) in [6, 6.07) is 20.2. The molecule has 0 bridgehead atoms. The second-order valence-electron chi connectivity index (χ2n) is 9.29. The van der Waals surface area contributed by atoms with E-state index in [9.17, 15) is 13.2 Å². The zero-order valence-corrected chi connectivity index (χ0v) is 21.2. The highest BCUT2D eigenvalue weighted by Crippen LogP contribution is 2.21. The summed E-state index contributed by atoms with van der Waals surface area (Å²) in [7, 11) is -3.83. The summed E-state index contributed by atoms with van der Waals surface area (Å²) >= 11 is 0. The minimum Gasteiger partial charge on any atom is -0.348 e. The molecule has 1 aliphatic heterocycles. The minimum atomic E-state index is -3.83. The Bertz CT molecular complexity index is 1280. The molecule has 184 valence electrons. The summed E-state index contributed by atoms with van der Waals surface area (Å²) in [6.07, 6.45) is 3.82. The fourth-order valence-corrected chi connectivity index (χ4v) is 5.69. The van der Waals surface area contributed by atoms with Crippen molar-refractivity contribution in [3.63, 3.8) is 0 Å². The average molecular weight is 492 g/mol. The van der Waals surface area contributed by atoms with E-state index in [1.54, 1.807) is 31.2 Å². The number of sulfonamides is 1. The molecule has 0 saturated carbocycles. The summed E-state index contributed by atoms with van der Waals surface area (Å²) in [5.41, 5.74) is 4.67. The van der Waals surface area contributed by atoms with Crippen molar-refractivity contribution in [1.82, 2.24) is 10.2 Å². The van der Waals surface area contributed by atoms with Crippen LogP contribution in [0.15, 0.2) is 71.6 Å². The van der Waals surface area contributed by atoms with Crippen molar-refractivity contribution in [3.8, 4) is 0 Å². The Kier molecular flexibility index (Phi) is 7.88. The fraction of sp³-hybridized carbons (Fsp3) is 0.321. The molecule has 3 aromatic rings. The number of piperidine rings is 1. The number of amides is 1.